The number of carbonyl (C=O) groups is 1. The Kier molecular flexibility index (Phi) is 4.21. The van der Waals surface area contributed by atoms with Gasteiger partial charge in [-0.05, 0) is 30.3 Å². The Morgan fingerprint density at radius 1 is 1.00 bits per heavy atom. The SMILES string of the molecule is O=C(Nc1cccc(-c2cn3cccnc3n2)c1)Nc1c(F)cccc1F. The minimum Gasteiger partial charge on any atom is -0.308 e. The molecule has 0 spiro atoms. The van der Waals surface area contributed by atoms with Crippen molar-refractivity contribution in [2.45, 2.75) is 0 Å². The van der Waals surface area contributed by atoms with Gasteiger partial charge in [0.15, 0.2) is 0 Å². The third-order valence-corrected chi connectivity index (χ3v) is 3.85. The second-order valence-corrected chi connectivity index (χ2v) is 5.71. The monoisotopic (exact) mass is 365 g/mol. The lowest BCUT2D eigenvalue weighted by molar-refractivity contribution is 0.262. The van der Waals surface area contributed by atoms with Crippen LogP contribution in [-0.4, -0.2) is 20.4 Å². The smallest absolute Gasteiger partial charge is 0.308 e. The molecule has 2 aromatic carbocycles. The van der Waals surface area contributed by atoms with E-state index in [1.165, 1.54) is 6.07 Å². The van der Waals surface area contributed by atoms with Gasteiger partial charge in [0.05, 0.1) is 5.69 Å². The van der Waals surface area contributed by atoms with Crippen molar-refractivity contribution in [1.29, 1.82) is 0 Å². The molecule has 4 aromatic rings. The van der Waals surface area contributed by atoms with Gasteiger partial charge in [-0.2, -0.15) is 0 Å². The molecule has 134 valence electrons. The molecule has 0 radical (unpaired) electrons. The summed E-state index contributed by atoms with van der Waals surface area (Å²) in [6, 6.07) is 11.3. The fourth-order valence-electron chi connectivity index (χ4n) is 2.62. The third-order valence-electron chi connectivity index (χ3n) is 3.85. The number of hydrogen-bond donors (Lipinski definition) is 2. The van der Waals surface area contributed by atoms with Crippen LogP contribution in [-0.2, 0) is 0 Å². The van der Waals surface area contributed by atoms with Crippen LogP contribution in [0.3, 0.4) is 0 Å². The van der Waals surface area contributed by atoms with Crippen molar-refractivity contribution in [3.63, 3.8) is 0 Å². The molecule has 2 heterocycles. The Labute approximate surface area is 152 Å². The summed E-state index contributed by atoms with van der Waals surface area (Å²) in [5, 5.41) is 4.73. The van der Waals surface area contributed by atoms with Crippen LogP contribution >= 0.6 is 0 Å². The lowest BCUT2D eigenvalue weighted by Crippen LogP contribution is -2.20. The van der Waals surface area contributed by atoms with Crippen LogP contribution in [0.4, 0.5) is 25.0 Å². The normalized spacial score (nSPS) is 10.7. The maximum absolute atomic E-state index is 13.6. The summed E-state index contributed by atoms with van der Waals surface area (Å²) in [4.78, 5) is 20.7. The number of urea groups is 1. The molecule has 2 aromatic heterocycles. The third kappa shape index (κ3) is 3.45. The summed E-state index contributed by atoms with van der Waals surface area (Å²) < 4.78 is 29.1. The van der Waals surface area contributed by atoms with E-state index in [0.29, 0.717) is 17.2 Å². The molecule has 0 aliphatic carbocycles. The number of benzene rings is 2. The van der Waals surface area contributed by atoms with E-state index in [0.717, 1.165) is 17.7 Å². The number of carbonyl (C=O) groups excluding carboxylic acids is 1. The first kappa shape index (κ1) is 16.6. The molecule has 0 bridgehead atoms. The molecule has 6 nitrogen and oxygen atoms in total. The van der Waals surface area contributed by atoms with Gasteiger partial charge >= 0.3 is 6.03 Å². The first-order valence-electron chi connectivity index (χ1n) is 8.02. The molecule has 0 atom stereocenters. The van der Waals surface area contributed by atoms with Gasteiger partial charge in [0.25, 0.3) is 0 Å². The summed E-state index contributed by atoms with van der Waals surface area (Å²) in [5.74, 6) is -1.15. The van der Waals surface area contributed by atoms with Crippen LogP contribution in [0.15, 0.2) is 67.1 Å². The molecule has 0 saturated carbocycles. The summed E-state index contributed by atoms with van der Waals surface area (Å²) in [5.41, 5.74) is 1.39. The van der Waals surface area contributed by atoms with Crippen molar-refractivity contribution in [1.82, 2.24) is 14.4 Å². The van der Waals surface area contributed by atoms with E-state index in [9.17, 15) is 13.6 Å². The lowest BCUT2D eigenvalue weighted by atomic mass is 10.1. The summed E-state index contributed by atoms with van der Waals surface area (Å²) in [6.07, 6.45) is 5.30. The van der Waals surface area contributed by atoms with Gasteiger partial charge in [0.2, 0.25) is 5.78 Å². The number of nitrogens with zero attached hydrogens (tertiary/aromatic N) is 3. The number of halogens is 2. The standard InChI is InChI=1S/C19H13F2N5O/c20-14-6-2-7-15(21)17(14)25-19(27)23-13-5-1-4-12(10-13)16-11-26-9-3-8-22-18(26)24-16/h1-11H,(H2,23,25,27). The van der Waals surface area contributed by atoms with E-state index in [2.05, 4.69) is 20.6 Å². The highest BCUT2D eigenvalue weighted by molar-refractivity contribution is 6.00. The average Bonchev–Trinajstić information content (AvgIpc) is 3.09. The molecule has 8 heteroatoms. The summed E-state index contributed by atoms with van der Waals surface area (Å²) in [7, 11) is 0. The van der Waals surface area contributed by atoms with E-state index < -0.39 is 23.4 Å². The Morgan fingerprint density at radius 3 is 2.56 bits per heavy atom. The van der Waals surface area contributed by atoms with Crippen molar-refractivity contribution in [3.05, 3.63) is 78.8 Å². The number of hydrogen-bond acceptors (Lipinski definition) is 3. The highest BCUT2D eigenvalue weighted by Gasteiger charge is 2.12. The van der Waals surface area contributed by atoms with Crippen LogP contribution < -0.4 is 10.6 Å². The van der Waals surface area contributed by atoms with Gasteiger partial charge in [-0.3, -0.25) is 4.40 Å². The topological polar surface area (TPSA) is 71.3 Å². The van der Waals surface area contributed by atoms with Crippen LogP contribution in [0.2, 0.25) is 0 Å². The van der Waals surface area contributed by atoms with E-state index >= 15 is 0 Å². The number of aromatic nitrogens is 3. The number of anilines is 2. The molecule has 27 heavy (non-hydrogen) atoms. The summed E-state index contributed by atoms with van der Waals surface area (Å²) in [6.45, 7) is 0. The molecular weight excluding hydrogens is 352 g/mol. The molecule has 2 amide bonds. The van der Waals surface area contributed by atoms with Crippen molar-refractivity contribution >= 4 is 23.2 Å². The Morgan fingerprint density at radius 2 is 1.78 bits per heavy atom. The second kappa shape index (κ2) is 6.83. The highest BCUT2D eigenvalue weighted by atomic mass is 19.1. The lowest BCUT2D eigenvalue weighted by Gasteiger charge is -2.10. The minimum atomic E-state index is -0.851. The van der Waals surface area contributed by atoms with Gasteiger partial charge in [-0.1, -0.05) is 18.2 Å². The maximum Gasteiger partial charge on any atom is 0.323 e. The zero-order valence-corrected chi connectivity index (χ0v) is 13.9. The molecule has 0 aliphatic heterocycles. The van der Waals surface area contributed by atoms with Crippen LogP contribution in [0.1, 0.15) is 0 Å². The second-order valence-electron chi connectivity index (χ2n) is 5.71. The average molecular weight is 365 g/mol. The van der Waals surface area contributed by atoms with Crippen LogP contribution in [0.5, 0.6) is 0 Å². The van der Waals surface area contributed by atoms with E-state index in [4.69, 9.17) is 0 Å². The first-order valence-corrected chi connectivity index (χ1v) is 8.02. The van der Waals surface area contributed by atoms with E-state index in [1.807, 2.05) is 18.5 Å². The number of para-hydroxylation sites is 1. The zero-order valence-electron chi connectivity index (χ0n) is 13.9. The molecule has 2 N–H and O–H groups in total. The van der Waals surface area contributed by atoms with Crippen molar-refractivity contribution in [2.75, 3.05) is 10.6 Å². The molecule has 0 fully saturated rings. The predicted molar refractivity (Wildman–Crippen MR) is 97.4 cm³/mol. The Hall–Kier alpha value is -3.81. The molecule has 0 aliphatic rings. The largest absolute Gasteiger partial charge is 0.323 e. The quantitative estimate of drug-likeness (QED) is 0.568. The Balaban J connectivity index is 1.55. The van der Waals surface area contributed by atoms with Crippen LogP contribution in [0.25, 0.3) is 17.0 Å². The van der Waals surface area contributed by atoms with Crippen molar-refractivity contribution < 1.29 is 13.6 Å². The molecule has 4 rings (SSSR count). The predicted octanol–water partition coefficient (Wildman–Crippen LogP) is 4.32. The highest BCUT2D eigenvalue weighted by Crippen LogP contribution is 2.23. The van der Waals surface area contributed by atoms with Crippen LogP contribution in [0, 0.1) is 11.6 Å². The number of fused-ring (bicyclic) bond motifs is 1. The zero-order chi connectivity index (χ0) is 18.8. The fraction of sp³-hybridized carbons (Fsp3) is 0. The van der Waals surface area contributed by atoms with E-state index in [1.54, 1.807) is 34.9 Å². The Bertz CT molecular complexity index is 1090. The minimum absolute atomic E-state index is 0.451. The van der Waals surface area contributed by atoms with Crippen molar-refractivity contribution in [2.24, 2.45) is 0 Å². The molecule has 0 unspecified atom stereocenters. The van der Waals surface area contributed by atoms with Gasteiger partial charge < -0.3 is 10.6 Å². The first-order chi connectivity index (χ1) is 13.1. The van der Waals surface area contributed by atoms with E-state index in [-0.39, 0.29) is 0 Å². The maximum atomic E-state index is 13.6. The number of amides is 2. The molecular formula is C19H13F2N5O. The fourth-order valence-corrected chi connectivity index (χ4v) is 2.62. The van der Waals surface area contributed by atoms with Gasteiger partial charge in [-0.15, -0.1) is 0 Å². The summed E-state index contributed by atoms with van der Waals surface area (Å²) >= 11 is 0. The number of imidazole rings is 1. The van der Waals surface area contributed by atoms with Crippen molar-refractivity contribution in [3.8, 4) is 11.3 Å². The number of nitrogens with one attached hydrogen (secondary N) is 2. The van der Waals surface area contributed by atoms with Gasteiger partial charge in [0, 0.05) is 29.8 Å². The van der Waals surface area contributed by atoms with Gasteiger partial charge in [0.1, 0.15) is 17.3 Å². The molecule has 0 saturated heterocycles. The van der Waals surface area contributed by atoms with Gasteiger partial charge in [-0.25, -0.2) is 23.5 Å². The number of rotatable bonds is 3.